The van der Waals surface area contributed by atoms with Gasteiger partial charge in [-0.25, -0.2) is 0 Å². The van der Waals surface area contributed by atoms with Gasteiger partial charge < -0.3 is 5.32 Å². The molecule has 1 N–H and O–H groups in total. The molecule has 2 heteroatoms. The maximum atomic E-state index is 3.60. The Bertz CT molecular complexity index is 575. The summed E-state index contributed by atoms with van der Waals surface area (Å²) in [5.41, 5.74) is 2.13. The second-order valence-corrected chi connectivity index (χ2v) is 8.76. The Morgan fingerprint density at radius 3 is 2.43 bits per heavy atom. The minimum absolute atomic E-state index is 0.222. The third kappa shape index (κ3) is 5.12. The van der Waals surface area contributed by atoms with Gasteiger partial charge in [-0.3, -0.25) is 0 Å². The van der Waals surface area contributed by atoms with E-state index in [9.17, 15) is 0 Å². The molecule has 1 heterocycles. The molecule has 0 fully saturated rings. The SMILES string of the molecule is CC(C)(CCNC(C)(C)C)CCc1csc2ccccc12. The molecule has 116 valence electrons. The highest BCUT2D eigenvalue weighted by Crippen LogP contribution is 2.31. The highest BCUT2D eigenvalue weighted by atomic mass is 32.1. The molecular formula is C19H29NS. The molecule has 0 radical (unpaired) electrons. The molecule has 2 rings (SSSR count). The third-order valence-corrected chi connectivity index (χ3v) is 5.10. The topological polar surface area (TPSA) is 12.0 Å². The summed E-state index contributed by atoms with van der Waals surface area (Å²) in [5, 5.41) is 7.39. The van der Waals surface area contributed by atoms with E-state index in [1.165, 1.54) is 34.9 Å². The second-order valence-electron chi connectivity index (χ2n) is 7.85. The number of thiophene rings is 1. The van der Waals surface area contributed by atoms with Gasteiger partial charge in [-0.2, -0.15) is 0 Å². The van der Waals surface area contributed by atoms with Gasteiger partial charge in [0.2, 0.25) is 0 Å². The van der Waals surface area contributed by atoms with Crippen molar-refractivity contribution < 1.29 is 0 Å². The summed E-state index contributed by atoms with van der Waals surface area (Å²) >= 11 is 1.87. The largest absolute Gasteiger partial charge is 0.312 e. The fourth-order valence-electron chi connectivity index (χ4n) is 2.60. The Morgan fingerprint density at radius 2 is 1.71 bits per heavy atom. The van der Waals surface area contributed by atoms with Crippen LogP contribution in [0.5, 0.6) is 0 Å². The summed E-state index contributed by atoms with van der Waals surface area (Å²) in [6, 6.07) is 8.76. The van der Waals surface area contributed by atoms with Crippen LogP contribution < -0.4 is 5.32 Å². The van der Waals surface area contributed by atoms with Gasteiger partial charge in [-0.15, -0.1) is 11.3 Å². The monoisotopic (exact) mass is 303 g/mol. The zero-order chi connectivity index (χ0) is 15.5. The van der Waals surface area contributed by atoms with Crippen LogP contribution in [-0.4, -0.2) is 12.1 Å². The lowest BCUT2D eigenvalue weighted by molar-refractivity contribution is 0.285. The van der Waals surface area contributed by atoms with Crippen LogP contribution in [0.3, 0.4) is 0 Å². The fourth-order valence-corrected chi connectivity index (χ4v) is 3.60. The molecule has 1 nitrogen and oxygen atoms in total. The van der Waals surface area contributed by atoms with Gasteiger partial charge in [0, 0.05) is 10.2 Å². The Balaban J connectivity index is 1.89. The summed E-state index contributed by atoms with van der Waals surface area (Å²) < 4.78 is 1.42. The number of fused-ring (bicyclic) bond motifs is 1. The van der Waals surface area contributed by atoms with Gasteiger partial charge in [-0.05, 0) is 74.4 Å². The van der Waals surface area contributed by atoms with E-state index >= 15 is 0 Å². The lowest BCUT2D eigenvalue weighted by atomic mass is 9.83. The van der Waals surface area contributed by atoms with Crippen molar-refractivity contribution in [1.82, 2.24) is 5.32 Å². The minimum atomic E-state index is 0.222. The predicted octanol–water partition coefficient (Wildman–Crippen LogP) is 5.64. The van der Waals surface area contributed by atoms with Crippen LogP contribution in [0.25, 0.3) is 10.1 Å². The van der Waals surface area contributed by atoms with E-state index in [1.807, 2.05) is 11.3 Å². The molecule has 1 aromatic carbocycles. The molecule has 0 atom stereocenters. The Kier molecular flexibility index (Phi) is 5.11. The normalized spacial score (nSPS) is 13.0. The lowest BCUT2D eigenvalue weighted by Gasteiger charge is -2.28. The number of aryl methyl sites for hydroxylation is 1. The summed E-state index contributed by atoms with van der Waals surface area (Å²) in [6.45, 7) is 12.6. The number of hydrogen-bond donors (Lipinski definition) is 1. The number of benzene rings is 1. The van der Waals surface area contributed by atoms with Crippen LogP contribution in [0.15, 0.2) is 29.6 Å². The minimum Gasteiger partial charge on any atom is -0.312 e. The summed E-state index contributed by atoms with van der Waals surface area (Å²) in [6.07, 6.45) is 3.67. The van der Waals surface area contributed by atoms with E-state index < -0.39 is 0 Å². The molecule has 0 bridgehead atoms. The Labute approximate surface area is 133 Å². The van der Waals surface area contributed by atoms with Crippen molar-refractivity contribution in [3.8, 4) is 0 Å². The first-order valence-corrected chi connectivity index (χ1v) is 8.85. The second kappa shape index (κ2) is 6.50. The maximum Gasteiger partial charge on any atom is 0.0345 e. The van der Waals surface area contributed by atoms with Crippen molar-refractivity contribution in [3.63, 3.8) is 0 Å². The average Bonchev–Trinajstić information content (AvgIpc) is 2.78. The predicted molar refractivity (Wildman–Crippen MR) is 96.3 cm³/mol. The molecule has 0 saturated carbocycles. The highest BCUT2D eigenvalue weighted by Gasteiger charge is 2.19. The number of nitrogens with one attached hydrogen (secondary N) is 1. The summed E-state index contributed by atoms with van der Waals surface area (Å²) in [4.78, 5) is 0. The molecule has 0 aliphatic rings. The van der Waals surface area contributed by atoms with Gasteiger partial charge in [0.05, 0.1) is 0 Å². The van der Waals surface area contributed by atoms with Crippen molar-refractivity contribution >= 4 is 21.4 Å². The van der Waals surface area contributed by atoms with Crippen molar-refractivity contribution in [2.75, 3.05) is 6.54 Å². The zero-order valence-electron chi connectivity index (χ0n) is 14.1. The molecule has 0 saturated heterocycles. The van der Waals surface area contributed by atoms with Crippen molar-refractivity contribution in [2.45, 2.75) is 59.4 Å². The number of hydrogen-bond acceptors (Lipinski definition) is 2. The summed E-state index contributed by atoms with van der Waals surface area (Å²) in [5.74, 6) is 0. The molecule has 1 aromatic heterocycles. The van der Waals surface area contributed by atoms with Crippen LogP contribution in [0, 0.1) is 5.41 Å². The standard InChI is InChI=1S/C19H29NS/c1-18(2,3)20-13-12-19(4,5)11-10-15-14-21-17-9-7-6-8-16(15)17/h6-9,14,20H,10-13H2,1-5H3. The Morgan fingerprint density at radius 1 is 1.00 bits per heavy atom. The molecule has 0 spiro atoms. The van der Waals surface area contributed by atoms with Gasteiger partial charge in [0.1, 0.15) is 0 Å². The molecule has 0 amide bonds. The van der Waals surface area contributed by atoms with Gasteiger partial charge in [-0.1, -0.05) is 32.0 Å². The molecule has 21 heavy (non-hydrogen) atoms. The van der Waals surface area contributed by atoms with E-state index in [-0.39, 0.29) is 5.54 Å². The van der Waals surface area contributed by atoms with Gasteiger partial charge in [0.25, 0.3) is 0 Å². The van der Waals surface area contributed by atoms with Crippen LogP contribution >= 0.6 is 11.3 Å². The Hall–Kier alpha value is -0.860. The van der Waals surface area contributed by atoms with Gasteiger partial charge in [0.15, 0.2) is 0 Å². The quantitative estimate of drug-likeness (QED) is 0.728. The van der Waals surface area contributed by atoms with E-state index in [1.54, 1.807) is 0 Å². The van der Waals surface area contributed by atoms with E-state index in [4.69, 9.17) is 0 Å². The first kappa shape index (κ1) is 16.5. The van der Waals surface area contributed by atoms with Crippen molar-refractivity contribution in [3.05, 3.63) is 35.2 Å². The first-order chi connectivity index (χ1) is 9.77. The first-order valence-electron chi connectivity index (χ1n) is 7.97. The summed E-state index contributed by atoms with van der Waals surface area (Å²) in [7, 11) is 0. The van der Waals surface area contributed by atoms with E-state index in [2.05, 4.69) is 69.6 Å². The van der Waals surface area contributed by atoms with Gasteiger partial charge >= 0.3 is 0 Å². The molecule has 2 aromatic rings. The van der Waals surface area contributed by atoms with Crippen LogP contribution in [0.1, 0.15) is 53.0 Å². The van der Waals surface area contributed by atoms with Crippen LogP contribution in [-0.2, 0) is 6.42 Å². The fraction of sp³-hybridized carbons (Fsp3) is 0.579. The van der Waals surface area contributed by atoms with E-state index in [0.717, 1.165) is 6.54 Å². The molecule has 0 aliphatic heterocycles. The van der Waals surface area contributed by atoms with E-state index in [0.29, 0.717) is 5.41 Å². The highest BCUT2D eigenvalue weighted by molar-refractivity contribution is 7.17. The molecular weight excluding hydrogens is 274 g/mol. The molecule has 0 aliphatic carbocycles. The van der Waals surface area contributed by atoms with Crippen molar-refractivity contribution in [2.24, 2.45) is 5.41 Å². The van der Waals surface area contributed by atoms with Crippen LogP contribution in [0.4, 0.5) is 0 Å². The smallest absolute Gasteiger partial charge is 0.0345 e. The lowest BCUT2D eigenvalue weighted by Crippen LogP contribution is -2.38. The maximum absolute atomic E-state index is 3.60. The molecule has 0 unspecified atom stereocenters. The zero-order valence-corrected chi connectivity index (χ0v) is 14.9. The van der Waals surface area contributed by atoms with Crippen LogP contribution in [0.2, 0.25) is 0 Å². The number of rotatable bonds is 6. The van der Waals surface area contributed by atoms with Crippen molar-refractivity contribution in [1.29, 1.82) is 0 Å². The third-order valence-electron chi connectivity index (χ3n) is 4.09. The average molecular weight is 304 g/mol.